The maximum Gasteiger partial charge on any atom is 0.407 e. The molecule has 0 bridgehead atoms. The molecule has 1 aliphatic carbocycles. The maximum absolute atomic E-state index is 12.5. The number of carbonyl (C=O) groups excluding carboxylic acids is 2. The molecule has 1 fully saturated rings. The number of ether oxygens (including phenoxy) is 2. The largest absolute Gasteiger partial charge is 0.481 e. The second kappa shape index (κ2) is 10.0. The lowest BCUT2D eigenvalue weighted by Crippen LogP contribution is -2.45. The van der Waals surface area contributed by atoms with E-state index >= 15 is 0 Å². The first kappa shape index (κ1) is 22.8. The smallest absolute Gasteiger partial charge is 0.407 e. The normalized spacial score (nSPS) is 19.9. The molecule has 0 saturated carbocycles. The van der Waals surface area contributed by atoms with Gasteiger partial charge in [0.05, 0.1) is 19.3 Å². The fraction of sp³-hybridized carbons (Fsp3) is 0.400. The van der Waals surface area contributed by atoms with Crippen molar-refractivity contribution >= 4 is 18.0 Å². The SMILES string of the molecule is CC[C@H](CC(=O)NC1COCC1C(=O)O)NC(=O)OCC1c2ccccc2-c2ccccc21. The van der Waals surface area contributed by atoms with Gasteiger partial charge in [0.15, 0.2) is 0 Å². The number of aliphatic carboxylic acids is 1. The van der Waals surface area contributed by atoms with E-state index in [4.69, 9.17) is 9.47 Å². The molecule has 3 atom stereocenters. The van der Waals surface area contributed by atoms with Crippen LogP contribution < -0.4 is 10.6 Å². The van der Waals surface area contributed by atoms with E-state index in [0.29, 0.717) is 6.42 Å². The van der Waals surface area contributed by atoms with Gasteiger partial charge < -0.3 is 25.2 Å². The molecule has 8 heteroatoms. The number of nitrogens with one attached hydrogen (secondary N) is 2. The third-order valence-electron chi connectivity index (χ3n) is 6.33. The minimum Gasteiger partial charge on any atom is -0.481 e. The average molecular weight is 453 g/mol. The predicted octanol–water partition coefficient (Wildman–Crippen LogP) is 2.91. The molecule has 174 valence electrons. The molecule has 33 heavy (non-hydrogen) atoms. The lowest BCUT2D eigenvalue weighted by Gasteiger charge is -2.20. The van der Waals surface area contributed by atoms with Gasteiger partial charge >= 0.3 is 12.1 Å². The number of carboxylic acid groups (broad SMARTS) is 1. The average Bonchev–Trinajstić information content (AvgIpc) is 3.40. The Morgan fingerprint density at radius 1 is 1.06 bits per heavy atom. The molecule has 2 aromatic rings. The van der Waals surface area contributed by atoms with Gasteiger partial charge in [0.1, 0.15) is 12.5 Å². The van der Waals surface area contributed by atoms with Gasteiger partial charge in [0, 0.05) is 18.4 Å². The van der Waals surface area contributed by atoms with Crippen molar-refractivity contribution in [3.63, 3.8) is 0 Å². The van der Waals surface area contributed by atoms with Crippen molar-refractivity contribution in [3.8, 4) is 11.1 Å². The zero-order chi connectivity index (χ0) is 23.4. The molecule has 3 N–H and O–H groups in total. The van der Waals surface area contributed by atoms with Crippen LogP contribution in [0.4, 0.5) is 4.79 Å². The molecule has 1 saturated heterocycles. The Balaban J connectivity index is 1.31. The summed E-state index contributed by atoms with van der Waals surface area (Å²) in [6, 6.07) is 15.2. The number of fused-ring (bicyclic) bond motifs is 3. The Kier molecular flexibility index (Phi) is 6.93. The molecule has 0 radical (unpaired) electrons. The van der Waals surface area contributed by atoms with Crippen LogP contribution in [0.15, 0.2) is 48.5 Å². The second-order valence-electron chi connectivity index (χ2n) is 8.44. The van der Waals surface area contributed by atoms with E-state index in [1.165, 1.54) is 0 Å². The highest BCUT2D eigenvalue weighted by atomic mass is 16.5. The van der Waals surface area contributed by atoms with Crippen molar-refractivity contribution in [1.29, 1.82) is 0 Å². The topological polar surface area (TPSA) is 114 Å². The molecule has 8 nitrogen and oxygen atoms in total. The van der Waals surface area contributed by atoms with Crippen LogP contribution in [0.2, 0.25) is 0 Å². The first-order valence-electron chi connectivity index (χ1n) is 11.2. The highest BCUT2D eigenvalue weighted by molar-refractivity contribution is 5.80. The standard InChI is InChI=1S/C25H28N2O6/c1-2-15(11-23(28)27-22-14-32-12-21(22)24(29)30)26-25(31)33-13-20-18-9-5-3-7-16(18)17-8-4-6-10-19(17)20/h3-10,15,20-22H,2,11-14H2,1H3,(H,26,31)(H,27,28)(H,29,30)/t15-,21?,22?/m1/s1. The first-order valence-corrected chi connectivity index (χ1v) is 11.2. The fourth-order valence-electron chi connectivity index (χ4n) is 4.53. The Bertz CT molecular complexity index is 994. The van der Waals surface area contributed by atoms with Crippen LogP contribution in [0.3, 0.4) is 0 Å². The predicted molar refractivity (Wildman–Crippen MR) is 121 cm³/mol. The van der Waals surface area contributed by atoms with Crippen molar-refractivity contribution in [2.45, 2.75) is 37.8 Å². The molecule has 2 aromatic carbocycles. The Morgan fingerprint density at radius 3 is 2.30 bits per heavy atom. The molecule has 0 aromatic heterocycles. The van der Waals surface area contributed by atoms with E-state index in [-0.39, 0.29) is 38.1 Å². The van der Waals surface area contributed by atoms with Crippen LogP contribution in [0.1, 0.15) is 36.8 Å². The van der Waals surface area contributed by atoms with E-state index in [9.17, 15) is 19.5 Å². The quantitative estimate of drug-likeness (QED) is 0.568. The summed E-state index contributed by atoms with van der Waals surface area (Å²) in [5.74, 6) is -2.13. The first-order chi connectivity index (χ1) is 16.0. The van der Waals surface area contributed by atoms with Gasteiger partial charge in [0.25, 0.3) is 0 Å². The Labute approximate surface area is 192 Å². The molecule has 1 heterocycles. The number of hydrogen-bond donors (Lipinski definition) is 3. The second-order valence-corrected chi connectivity index (χ2v) is 8.44. The monoisotopic (exact) mass is 452 g/mol. The highest BCUT2D eigenvalue weighted by Gasteiger charge is 2.35. The number of rotatable bonds is 8. The number of carbonyl (C=O) groups is 3. The van der Waals surface area contributed by atoms with Crippen LogP contribution in [-0.4, -0.2) is 55.0 Å². The van der Waals surface area contributed by atoms with Crippen LogP contribution in [-0.2, 0) is 19.1 Å². The molecule has 4 rings (SSSR count). The van der Waals surface area contributed by atoms with Gasteiger partial charge in [-0.25, -0.2) is 4.79 Å². The van der Waals surface area contributed by atoms with Crippen molar-refractivity contribution in [2.75, 3.05) is 19.8 Å². The summed E-state index contributed by atoms with van der Waals surface area (Å²) in [7, 11) is 0. The zero-order valence-corrected chi connectivity index (χ0v) is 18.5. The van der Waals surface area contributed by atoms with Crippen LogP contribution in [0.5, 0.6) is 0 Å². The number of benzene rings is 2. The van der Waals surface area contributed by atoms with E-state index < -0.39 is 30.1 Å². The molecule has 0 spiro atoms. The number of alkyl carbamates (subject to hydrolysis) is 1. The van der Waals surface area contributed by atoms with Gasteiger partial charge in [-0.15, -0.1) is 0 Å². The van der Waals surface area contributed by atoms with Crippen molar-refractivity contribution in [1.82, 2.24) is 10.6 Å². The lowest BCUT2D eigenvalue weighted by atomic mass is 9.98. The maximum atomic E-state index is 12.5. The Morgan fingerprint density at radius 2 is 1.70 bits per heavy atom. The Hall–Kier alpha value is -3.39. The molecular formula is C25H28N2O6. The van der Waals surface area contributed by atoms with Crippen LogP contribution >= 0.6 is 0 Å². The summed E-state index contributed by atoms with van der Waals surface area (Å²) in [6.45, 7) is 2.30. The van der Waals surface area contributed by atoms with Gasteiger partial charge in [-0.2, -0.15) is 0 Å². The van der Waals surface area contributed by atoms with Crippen molar-refractivity contribution < 1.29 is 29.0 Å². The number of carboxylic acids is 1. The summed E-state index contributed by atoms with van der Waals surface area (Å²) >= 11 is 0. The van der Waals surface area contributed by atoms with Crippen LogP contribution in [0, 0.1) is 5.92 Å². The summed E-state index contributed by atoms with van der Waals surface area (Å²) in [4.78, 5) is 36.2. The summed E-state index contributed by atoms with van der Waals surface area (Å²) in [5.41, 5.74) is 4.57. The molecular weight excluding hydrogens is 424 g/mol. The van der Waals surface area contributed by atoms with Crippen LogP contribution in [0.25, 0.3) is 11.1 Å². The fourth-order valence-corrected chi connectivity index (χ4v) is 4.53. The van der Waals surface area contributed by atoms with E-state index in [1.807, 2.05) is 31.2 Å². The number of hydrogen-bond acceptors (Lipinski definition) is 5. The number of amides is 2. The molecule has 2 amide bonds. The molecule has 1 aliphatic heterocycles. The van der Waals surface area contributed by atoms with Crippen molar-refractivity contribution in [3.05, 3.63) is 59.7 Å². The van der Waals surface area contributed by atoms with Gasteiger partial charge in [-0.3, -0.25) is 9.59 Å². The minimum atomic E-state index is -0.999. The van der Waals surface area contributed by atoms with E-state index in [1.54, 1.807) is 0 Å². The van der Waals surface area contributed by atoms with Gasteiger partial charge in [-0.1, -0.05) is 55.5 Å². The lowest BCUT2D eigenvalue weighted by molar-refractivity contribution is -0.142. The summed E-state index contributed by atoms with van der Waals surface area (Å²) < 4.78 is 10.7. The minimum absolute atomic E-state index is 0.0313. The van der Waals surface area contributed by atoms with Gasteiger partial charge in [-0.05, 0) is 28.7 Å². The van der Waals surface area contributed by atoms with Crippen molar-refractivity contribution in [2.24, 2.45) is 5.92 Å². The molecule has 2 aliphatic rings. The third kappa shape index (κ3) is 5.01. The third-order valence-corrected chi connectivity index (χ3v) is 6.33. The zero-order valence-electron chi connectivity index (χ0n) is 18.5. The molecule has 2 unspecified atom stereocenters. The van der Waals surface area contributed by atoms with Gasteiger partial charge in [0.2, 0.25) is 5.91 Å². The van der Waals surface area contributed by atoms with E-state index in [2.05, 4.69) is 34.9 Å². The summed E-state index contributed by atoms with van der Waals surface area (Å²) in [5, 5.41) is 14.7. The highest BCUT2D eigenvalue weighted by Crippen LogP contribution is 2.44. The summed E-state index contributed by atoms with van der Waals surface area (Å²) in [6.07, 6.45) is -0.0193. The van der Waals surface area contributed by atoms with E-state index in [0.717, 1.165) is 22.3 Å².